The second-order valence-corrected chi connectivity index (χ2v) is 6.19. The molecule has 1 heteroatoms. The van der Waals surface area contributed by atoms with Gasteiger partial charge in [0.15, 0.2) is 0 Å². The number of hydrogen-bond acceptors (Lipinski definition) is 0. The molecule has 0 nitrogen and oxygen atoms in total. The van der Waals surface area contributed by atoms with Gasteiger partial charge in [-0.2, -0.15) is 0 Å². The Hall–Kier alpha value is -0.930. The Kier molecular flexibility index (Phi) is 5.76. The molecule has 0 aliphatic carbocycles. The second kappa shape index (κ2) is 6.86. The number of halogens is 1. The molecule has 0 N–H and O–H groups in total. The van der Waals surface area contributed by atoms with Crippen LogP contribution in [0, 0.1) is 24.2 Å². The molecule has 0 saturated heterocycles. The van der Waals surface area contributed by atoms with Gasteiger partial charge in [-0.1, -0.05) is 41.7 Å². The number of hydrogen-bond donors (Lipinski definition) is 0. The summed E-state index contributed by atoms with van der Waals surface area (Å²) in [6.45, 7) is 8.55. The van der Waals surface area contributed by atoms with E-state index in [1.807, 2.05) is 0 Å². The lowest BCUT2D eigenvalue weighted by atomic mass is 9.91. The maximum absolute atomic E-state index is 5.80. The normalized spacial score (nSPS) is 12.7. The maximum Gasteiger partial charge on any atom is 0.0452 e. The zero-order valence-corrected chi connectivity index (χ0v) is 12.6. The number of alkyl halides is 1. The monoisotopic (exact) mass is 262 g/mol. The average molecular weight is 263 g/mol. The molecule has 0 fully saturated rings. The molecule has 0 amide bonds. The van der Waals surface area contributed by atoms with Crippen LogP contribution in [0.5, 0.6) is 0 Å². The first kappa shape index (κ1) is 15.1. The SMILES string of the molecule is Cc1ccc([C@H](C#CC(C)(C)C)CCCCl)cc1. The van der Waals surface area contributed by atoms with Crippen LogP contribution in [0.2, 0.25) is 0 Å². The van der Waals surface area contributed by atoms with Gasteiger partial charge in [0.05, 0.1) is 0 Å². The van der Waals surface area contributed by atoms with Crippen molar-refractivity contribution in [3.63, 3.8) is 0 Å². The molecule has 1 aromatic rings. The minimum atomic E-state index is 0.0594. The summed E-state index contributed by atoms with van der Waals surface area (Å²) in [5, 5.41) is 0. The van der Waals surface area contributed by atoms with Crippen LogP contribution in [-0.4, -0.2) is 5.88 Å². The van der Waals surface area contributed by atoms with Crippen LogP contribution in [0.25, 0.3) is 0 Å². The van der Waals surface area contributed by atoms with E-state index in [9.17, 15) is 0 Å². The summed E-state index contributed by atoms with van der Waals surface area (Å²) in [6.07, 6.45) is 2.05. The summed E-state index contributed by atoms with van der Waals surface area (Å²) in [5.74, 6) is 7.79. The quantitative estimate of drug-likeness (QED) is 0.520. The lowest BCUT2D eigenvalue weighted by molar-refractivity contribution is 0.568. The third-order valence-corrected chi connectivity index (χ3v) is 2.99. The minimum Gasteiger partial charge on any atom is -0.127 e. The lowest BCUT2D eigenvalue weighted by Gasteiger charge is -2.13. The third kappa shape index (κ3) is 5.61. The molecule has 0 aliphatic rings. The summed E-state index contributed by atoms with van der Waals surface area (Å²) < 4.78 is 0. The molecule has 1 aromatic carbocycles. The topological polar surface area (TPSA) is 0 Å². The Balaban J connectivity index is 2.89. The fourth-order valence-corrected chi connectivity index (χ4v) is 1.86. The van der Waals surface area contributed by atoms with Crippen molar-refractivity contribution >= 4 is 11.6 Å². The van der Waals surface area contributed by atoms with E-state index in [-0.39, 0.29) is 5.41 Å². The first-order chi connectivity index (χ1) is 8.42. The third-order valence-electron chi connectivity index (χ3n) is 2.73. The summed E-state index contributed by atoms with van der Waals surface area (Å²) in [7, 11) is 0. The standard InChI is InChI=1S/C17H23Cl/c1-14-7-9-16(10-8-14)15(6-5-13-18)11-12-17(2,3)4/h7-10,15H,5-6,13H2,1-4H3/t15-/m0/s1. The van der Waals surface area contributed by atoms with Gasteiger partial charge in [0.1, 0.15) is 0 Å². The maximum atomic E-state index is 5.80. The summed E-state index contributed by atoms with van der Waals surface area (Å²) in [6, 6.07) is 8.68. The van der Waals surface area contributed by atoms with Crippen LogP contribution in [0.1, 0.15) is 50.7 Å². The molecular weight excluding hydrogens is 240 g/mol. The predicted octanol–water partition coefficient (Wildman–Crippen LogP) is 5.15. The van der Waals surface area contributed by atoms with Crippen LogP contribution >= 0.6 is 11.6 Å². The second-order valence-electron chi connectivity index (χ2n) is 5.81. The fourth-order valence-electron chi connectivity index (χ4n) is 1.71. The van der Waals surface area contributed by atoms with Gasteiger partial charge in [0, 0.05) is 17.2 Å². The van der Waals surface area contributed by atoms with Crippen molar-refractivity contribution < 1.29 is 0 Å². The van der Waals surface area contributed by atoms with Gasteiger partial charge in [-0.15, -0.1) is 11.6 Å². The molecule has 0 aliphatic heterocycles. The largest absolute Gasteiger partial charge is 0.127 e. The predicted molar refractivity (Wildman–Crippen MR) is 81.1 cm³/mol. The molecule has 98 valence electrons. The number of aryl methyl sites for hydroxylation is 1. The van der Waals surface area contributed by atoms with E-state index in [1.165, 1.54) is 11.1 Å². The highest BCUT2D eigenvalue weighted by atomic mass is 35.5. The molecule has 0 unspecified atom stereocenters. The first-order valence-electron chi connectivity index (χ1n) is 6.57. The van der Waals surface area contributed by atoms with Crippen molar-refractivity contribution in [2.45, 2.75) is 46.5 Å². The molecule has 0 spiro atoms. The molecule has 0 bridgehead atoms. The van der Waals surface area contributed by atoms with Crippen LogP contribution in [-0.2, 0) is 0 Å². The van der Waals surface area contributed by atoms with Crippen molar-refractivity contribution in [3.8, 4) is 11.8 Å². The van der Waals surface area contributed by atoms with Gasteiger partial charge in [-0.05, 0) is 46.1 Å². The zero-order chi connectivity index (χ0) is 13.6. The summed E-state index contributed by atoms with van der Waals surface area (Å²) in [5.41, 5.74) is 2.66. The van der Waals surface area contributed by atoms with Gasteiger partial charge in [0.2, 0.25) is 0 Å². The highest BCUT2D eigenvalue weighted by molar-refractivity contribution is 6.17. The van der Waals surface area contributed by atoms with Gasteiger partial charge in [0.25, 0.3) is 0 Å². The van der Waals surface area contributed by atoms with Crippen molar-refractivity contribution in [3.05, 3.63) is 35.4 Å². The van der Waals surface area contributed by atoms with E-state index < -0.39 is 0 Å². The van der Waals surface area contributed by atoms with Crippen LogP contribution in [0.4, 0.5) is 0 Å². The molecule has 0 saturated carbocycles. The highest BCUT2D eigenvalue weighted by Crippen LogP contribution is 2.22. The Morgan fingerprint density at radius 2 is 1.78 bits per heavy atom. The highest BCUT2D eigenvalue weighted by Gasteiger charge is 2.10. The first-order valence-corrected chi connectivity index (χ1v) is 7.11. The lowest BCUT2D eigenvalue weighted by Crippen LogP contribution is -2.03. The van der Waals surface area contributed by atoms with E-state index in [2.05, 4.69) is 63.8 Å². The average Bonchev–Trinajstić information content (AvgIpc) is 2.29. The molecular formula is C17H23Cl. The van der Waals surface area contributed by atoms with Gasteiger partial charge in [-0.25, -0.2) is 0 Å². The van der Waals surface area contributed by atoms with Crippen LogP contribution in [0.15, 0.2) is 24.3 Å². The Morgan fingerprint density at radius 3 is 2.28 bits per heavy atom. The molecule has 1 atom stereocenters. The molecule has 0 radical (unpaired) electrons. The van der Waals surface area contributed by atoms with Gasteiger partial charge in [-0.3, -0.25) is 0 Å². The zero-order valence-electron chi connectivity index (χ0n) is 11.9. The smallest absolute Gasteiger partial charge is 0.0452 e. The molecule has 0 heterocycles. The number of rotatable bonds is 4. The van der Waals surface area contributed by atoms with E-state index in [0.29, 0.717) is 11.8 Å². The fraction of sp³-hybridized carbons (Fsp3) is 0.529. The summed E-state index contributed by atoms with van der Waals surface area (Å²) >= 11 is 5.80. The van der Waals surface area contributed by atoms with Gasteiger partial charge >= 0.3 is 0 Å². The molecule has 0 aromatic heterocycles. The van der Waals surface area contributed by atoms with Gasteiger partial charge < -0.3 is 0 Å². The van der Waals surface area contributed by atoms with E-state index in [0.717, 1.165) is 12.8 Å². The number of benzene rings is 1. The van der Waals surface area contributed by atoms with Crippen molar-refractivity contribution in [2.75, 3.05) is 5.88 Å². The Bertz CT molecular complexity index is 412. The van der Waals surface area contributed by atoms with E-state index >= 15 is 0 Å². The summed E-state index contributed by atoms with van der Waals surface area (Å²) in [4.78, 5) is 0. The minimum absolute atomic E-state index is 0.0594. The van der Waals surface area contributed by atoms with E-state index in [4.69, 9.17) is 11.6 Å². The van der Waals surface area contributed by atoms with Crippen LogP contribution < -0.4 is 0 Å². The van der Waals surface area contributed by atoms with Crippen molar-refractivity contribution in [1.82, 2.24) is 0 Å². The Morgan fingerprint density at radius 1 is 1.17 bits per heavy atom. The van der Waals surface area contributed by atoms with Crippen molar-refractivity contribution in [1.29, 1.82) is 0 Å². The molecule has 18 heavy (non-hydrogen) atoms. The molecule has 1 rings (SSSR count). The Labute approximate surface area is 117 Å². The van der Waals surface area contributed by atoms with Crippen molar-refractivity contribution in [2.24, 2.45) is 5.41 Å². The van der Waals surface area contributed by atoms with Crippen LogP contribution in [0.3, 0.4) is 0 Å². The van der Waals surface area contributed by atoms with E-state index in [1.54, 1.807) is 0 Å².